The van der Waals surface area contributed by atoms with Gasteiger partial charge in [0.25, 0.3) is 0 Å². The van der Waals surface area contributed by atoms with E-state index in [9.17, 15) is 0 Å². The van der Waals surface area contributed by atoms with Crippen LogP contribution in [0.2, 0.25) is 0 Å². The van der Waals surface area contributed by atoms with Crippen molar-refractivity contribution in [3.63, 3.8) is 0 Å². The van der Waals surface area contributed by atoms with E-state index in [4.69, 9.17) is 5.26 Å². The molecule has 0 radical (unpaired) electrons. The molecule has 1 heterocycles. The first-order valence-corrected chi connectivity index (χ1v) is 6.39. The number of rotatable bonds is 2. The molecule has 2 nitrogen and oxygen atoms in total. The second-order valence-corrected chi connectivity index (χ2v) is 4.49. The fourth-order valence-electron chi connectivity index (χ4n) is 2.08. The van der Waals surface area contributed by atoms with Crippen LogP contribution in [0.25, 0.3) is 22.4 Å². The van der Waals surface area contributed by atoms with E-state index < -0.39 is 0 Å². The van der Waals surface area contributed by atoms with Crippen LogP contribution in [0.5, 0.6) is 0 Å². The summed E-state index contributed by atoms with van der Waals surface area (Å²) in [6.07, 6.45) is 1.86. The third kappa shape index (κ3) is 2.43. The molecule has 3 rings (SSSR count). The van der Waals surface area contributed by atoms with Gasteiger partial charge in [0.05, 0.1) is 17.3 Å². The lowest BCUT2D eigenvalue weighted by Gasteiger charge is -2.04. The molecule has 0 amide bonds. The highest BCUT2D eigenvalue weighted by atomic mass is 14.7. The molecule has 3 aromatic rings. The molecule has 0 N–H and O–H groups in total. The van der Waals surface area contributed by atoms with E-state index in [1.165, 1.54) is 0 Å². The minimum absolute atomic E-state index is 0.669. The molecule has 0 spiro atoms. The molecule has 0 unspecified atom stereocenters. The van der Waals surface area contributed by atoms with Gasteiger partial charge < -0.3 is 0 Å². The minimum atomic E-state index is 0.669. The number of nitriles is 1. The molecule has 0 aliphatic heterocycles. The number of benzene rings is 2. The van der Waals surface area contributed by atoms with Crippen LogP contribution in [0, 0.1) is 11.3 Å². The standard InChI is InChI=1S/C18H12N2/c19-12-14-6-8-15(9-7-14)17-10-11-18(20-13-17)16-4-2-1-3-5-16/h1-11,13H. The van der Waals surface area contributed by atoms with Crippen molar-refractivity contribution in [2.75, 3.05) is 0 Å². The zero-order valence-electron chi connectivity index (χ0n) is 10.8. The first-order chi connectivity index (χ1) is 9.86. The average Bonchev–Trinajstić information content (AvgIpc) is 2.56. The van der Waals surface area contributed by atoms with Gasteiger partial charge in [0.15, 0.2) is 0 Å². The molecule has 0 bridgehead atoms. The molecule has 0 saturated heterocycles. The minimum Gasteiger partial charge on any atom is -0.256 e. The van der Waals surface area contributed by atoms with Crippen LogP contribution in [-0.4, -0.2) is 4.98 Å². The Labute approximate surface area is 118 Å². The van der Waals surface area contributed by atoms with E-state index >= 15 is 0 Å². The van der Waals surface area contributed by atoms with Crippen molar-refractivity contribution in [2.24, 2.45) is 0 Å². The predicted molar refractivity (Wildman–Crippen MR) is 79.8 cm³/mol. The Hall–Kier alpha value is -2.92. The summed E-state index contributed by atoms with van der Waals surface area (Å²) in [7, 11) is 0. The second-order valence-electron chi connectivity index (χ2n) is 4.49. The Morgan fingerprint density at radius 3 is 2.00 bits per heavy atom. The van der Waals surface area contributed by atoms with Gasteiger partial charge >= 0.3 is 0 Å². The highest BCUT2D eigenvalue weighted by Crippen LogP contribution is 2.22. The molecular formula is C18H12N2. The monoisotopic (exact) mass is 256 g/mol. The molecule has 0 saturated carbocycles. The van der Waals surface area contributed by atoms with Crippen LogP contribution in [-0.2, 0) is 0 Å². The van der Waals surface area contributed by atoms with Crippen LogP contribution in [0.15, 0.2) is 72.9 Å². The van der Waals surface area contributed by atoms with Gasteiger partial charge in [0, 0.05) is 17.3 Å². The Bertz CT molecular complexity index is 736. The molecule has 0 aliphatic carbocycles. The van der Waals surface area contributed by atoms with Gasteiger partial charge in [-0.15, -0.1) is 0 Å². The van der Waals surface area contributed by atoms with Gasteiger partial charge in [-0.3, -0.25) is 4.98 Å². The number of aromatic nitrogens is 1. The van der Waals surface area contributed by atoms with Crippen LogP contribution in [0.3, 0.4) is 0 Å². The van der Waals surface area contributed by atoms with Crippen LogP contribution >= 0.6 is 0 Å². The third-order valence-electron chi connectivity index (χ3n) is 3.18. The van der Waals surface area contributed by atoms with Crippen LogP contribution < -0.4 is 0 Å². The second kappa shape index (κ2) is 5.38. The topological polar surface area (TPSA) is 36.7 Å². The highest BCUT2D eigenvalue weighted by Gasteiger charge is 2.01. The van der Waals surface area contributed by atoms with Gasteiger partial charge in [0.1, 0.15) is 0 Å². The van der Waals surface area contributed by atoms with Crippen LogP contribution in [0.1, 0.15) is 5.56 Å². The number of nitrogens with zero attached hydrogens (tertiary/aromatic N) is 2. The summed E-state index contributed by atoms with van der Waals surface area (Å²) in [5, 5.41) is 8.80. The van der Waals surface area contributed by atoms with E-state index in [2.05, 4.69) is 17.1 Å². The predicted octanol–water partition coefficient (Wildman–Crippen LogP) is 4.29. The zero-order valence-corrected chi connectivity index (χ0v) is 10.8. The highest BCUT2D eigenvalue weighted by molar-refractivity contribution is 5.67. The van der Waals surface area contributed by atoms with E-state index in [1.54, 1.807) is 0 Å². The lowest BCUT2D eigenvalue weighted by molar-refractivity contribution is 1.32. The molecule has 2 heteroatoms. The first-order valence-electron chi connectivity index (χ1n) is 6.39. The van der Waals surface area contributed by atoms with Gasteiger partial charge in [-0.05, 0) is 23.8 Å². The molecule has 0 fully saturated rings. The lowest BCUT2D eigenvalue weighted by atomic mass is 10.0. The summed E-state index contributed by atoms with van der Waals surface area (Å²) in [4.78, 5) is 4.50. The summed E-state index contributed by atoms with van der Waals surface area (Å²) in [5.41, 5.74) is 4.86. The van der Waals surface area contributed by atoms with Gasteiger partial charge in [-0.2, -0.15) is 5.26 Å². The fourth-order valence-corrected chi connectivity index (χ4v) is 2.08. The normalized spacial score (nSPS) is 9.95. The van der Waals surface area contributed by atoms with E-state index in [1.807, 2.05) is 66.9 Å². The van der Waals surface area contributed by atoms with Crippen molar-refractivity contribution in [1.29, 1.82) is 5.26 Å². The Morgan fingerprint density at radius 1 is 0.700 bits per heavy atom. The Morgan fingerprint density at radius 2 is 1.40 bits per heavy atom. The molecule has 94 valence electrons. The molecule has 1 aromatic heterocycles. The number of hydrogen-bond acceptors (Lipinski definition) is 2. The number of hydrogen-bond donors (Lipinski definition) is 0. The zero-order chi connectivity index (χ0) is 13.8. The largest absolute Gasteiger partial charge is 0.256 e. The molecule has 20 heavy (non-hydrogen) atoms. The maximum absolute atomic E-state index is 8.80. The average molecular weight is 256 g/mol. The van der Waals surface area contributed by atoms with Crippen molar-refractivity contribution in [2.45, 2.75) is 0 Å². The van der Waals surface area contributed by atoms with Crippen molar-refractivity contribution in [3.8, 4) is 28.5 Å². The van der Waals surface area contributed by atoms with Crippen molar-refractivity contribution >= 4 is 0 Å². The Balaban J connectivity index is 1.91. The van der Waals surface area contributed by atoms with Crippen LogP contribution in [0.4, 0.5) is 0 Å². The third-order valence-corrected chi connectivity index (χ3v) is 3.18. The Kier molecular flexibility index (Phi) is 3.26. The van der Waals surface area contributed by atoms with Gasteiger partial charge in [0.2, 0.25) is 0 Å². The SMILES string of the molecule is N#Cc1ccc(-c2ccc(-c3ccccc3)nc2)cc1. The van der Waals surface area contributed by atoms with E-state index in [0.29, 0.717) is 5.56 Å². The first kappa shape index (κ1) is 12.1. The maximum atomic E-state index is 8.80. The number of pyridine rings is 1. The van der Waals surface area contributed by atoms with Crippen molar-refractivity contribution in [3.05, 3.63) is 78.5 Å². The van der Waals surface area contributed by atoms with Gasteiger partial charge in [-0.1, -0.05) is 48.5 Å². The summed E-state index contributed by atoms with van der Waals surface area (Å²) in [5.74, 6) is 0. The molecular weight excluding hydrogens is 244 g/mol. The van der Waals surface area contributed by atoms with Crippen molar-refractivity contribution in [1.82, 2.24) is 4.98 Å². The maximum Gasteiger partial charge on any atom is 0.0991 e. The molecule has 2 aromatic carbocycles. The smallest absolute Gasteiger partial charge is 0.0991 e. The summed E-state index contributed by atoms with van der Waals surface area (Å²) in [6, 6.07) is 23.8. The summed E-state index contributed by atoms with van der Waals surface area (Å²) < 4.78 is 0. The molecule has 0 aliphatic rings. The quantitative estimate of drug-likeness (QED) is 0.686. The van der Waals surface area contributed by atoms with E-state index in [-0.39, 0.29) is 0 Å². The summed E-state index contributed by atoms with van der Waals surface area (Å²) >= 11 is 0. The summed E-state index contributed by atoms with van der Waals surface area (Å²) in [6.45, 7) is 0. The fraction of sp³-hybridized carbons (Fsp3) is 0. The molecule has 0 atom stereocenters. The van der Waals surface area contributed by atoms with Gasteiger partial charge in [-0.25, -0.2) is 0 Å². The van der Waals surface area contributed by atoms with Crippen molar-refractivity contribution < 1.29 is 0 Å². The lowest BCUT2D eigenvalue weighted by Crippen LogP contribution is -1.85. The van der Waals surface area contributed by atoms with E-state index in [0.717, 1.165) is 22.4 Å².